The molecule has 1 aromatic carbocycles. The molecule has 0 amide bonds. The van der Waals surface area contributed by atoms with Crippen molar-refractivity contribution in [1.29, 1.82) is 0 Å². The van der Waals surface area contributed by atoms with Gasteiger partial charge in [-0.25, -0.2) is 5.01 Å². The lowest BCUT2D eigenvalue weighted by Crippen LogP contribution is -2.26. The summed E-state index contributed by atoms with van der Waals surface area (Å²) in [6, 6.07) is 9.91. The van der Waals surface area contributed by atoms with Gasteiger partial charge in [-0.3, -0.25) is 0 Å². The largest absolute Gasteiger partial charge is 0.395 e. The lowest BCUT2D eigenvalue weighted by molar-refractivity contribution is 0.159. The number of anilines is 1. The lowest BCUT2D eigenvalue weighted by Gasteiger charge is -2.12. The summed E-state index contributed by atoms with van der Waals surface area (Å²) in [6.45, 7) is 0. The number of hydrazine groups is 1. The fourth-order valence-corrected chi connectivity index (χ4v) is 0.936. The molecule has 1 aromatic rings. The molecule has 4 heteroatoms. The second-order valence-electron chi connectivity index (χ2n) is 2.20. The molecule has 4 N–H and O–H groups in total. The molecule has 0 aromatic heterocycles. The van der Waals surface area contributed by atoms with Crippen molar-refractivity contribution >= 4 is 5.69 Å². The maximum atomic E-state index is 4.81. The molecule has 0 radical (unpaired) electrons. The number of nitrogens with one attached hydrogen (secondary N) is 1. The Kier molecular flexibility index (Phi) is 2.68. The molecule has 0 fully saturated rings. The summed E-state index contributed by atoms with van der Waals surface area (Å²) in [4.78, 5) is 4.81. The number of hydrogen-bond donors (Lipinski definition) is 2. The minimum Gasteiger partial charge on any atom is -0.395 e. The monoisotopic (exact) mass is 165 g/mol. The van der Waals surface area contributed by atoms with Crippen LogP contribution in [0.15, 0.2) is 42.8 Å². The highest BCUT2D eigenvalue weighted by atomic mass is 16.7. The van der Waals surface area contributed by atoms with E-state index in [1.54, 1.807) is 11.3 Å². The van der Waals surface area contributed by atoms with E-state index in [2.05, 4.69) is 5.59 Å². The second kappa shape index (κ2) is 3.75. The van der Waals surface area contributed by atoms with E-state index in [1.807, 2.05) is 36.5 Å². The van der Waals surface area contributed by atoms with Crippen LogP contribution in [0.1, 0.15) is 0 Å². The van der Waals surface area contributed by atoms with E-state index < -0.39 is 0 Å². The van der Waals surface area contributed by atoms with Crippen LogP contribution in [-0.2, 0) is 4.84 Å². The summed E-state index contributed by atoms with van der Waals surface area (Å²) < 4.78 is 0. The smallest absolute Gasteiger partial charge is 0.131 e. The Morgan fingerprint density at radius 3 is 2.50 bits per heavy atom. The summed E-state index contributed by atoms with van der Waals surface area (Å²) in [5, 5.41) is 1.79. The number of nitrogens with zero attached hydrogens (tertiary/aromatic N) is 1. The Morgan fingerprint density at radius 2 is 1.92 bits per heavy atom. The predicted molar refractivity (Wildman–Crippen MR) is 47.3 cm³/mol. The third-order valence-electron chi connectivity index (χ3n) is 1.46. The first kappa shape index (κ1) is 8.58. The van der Waals surface area contributed by atoms with Gasteiger partial charge in [-0.2, -0.15) is 0 Å². The molecule has 0 unspecified atom stereocenters. The van der Waals surface area contributed by atoms with Crippen molar-refractivity contribution in [2.75, 3.05) is 5.01 Å². The molecule has 0 spiro atoms. The van der Waals surface area contributed by atoms with Gasteiger partial charge in [0.05, 0.1) is 11.9 Å². The SMILES string of the molecule is C1=CN(c2ccccc2)NO1.N. The zero-order valence-corrected chi connectivity index (χ0v) is 6.60. The quantitative estimate of drug-likeness (QED) is 0.663. The fraction of sp³-hybridized carbons (Fsp3) is 0. The highest BCUT2D eigenvalue weighted by molar-refractivity contribution is 5.47. The van der Waals surface area contributed by atoms with Crippen LogP contribution in [0.4, 0.5) is 5.69 Å². The molecule has 0 atom stereocenters. The molecular weight excluding hydrogens is 154 g/mol. The van der Waals surface area contributed by atoms with Crippen LogP contribution in [0.3, 0.4) is 0 Å². The number of para-hydroxylation sites is 1. The third-order valence-corrected chi connectivity index (χ3v) is 1.46. The van der Waals surface area contributed by atoms with Gasteiger partial charge in [-0.15, -0.1) is 0 Å². The van der Waals surface area contributed by atoms with Crippen molar-refractivity contribution in [2.24, 2.45) is 0 Å². The van der Waals surface area contributed by atoms with Crippen LogP contribution in [0.2, 0.25) is 0 Å². The topological polar surface area (TPSA) is 59.5 Å². The molecule has 1 aliphatic rings. The van der Waals surface area contributed by atoms with Gasteiger partial charge in [0.2, 0.25) is 0 Å². The molecule has 12 heavy (non-hydrogen) atoms. The Labute approximate surface area is 70.9 Å². The van der Waals surface area contributed by atoms with Crippen molar-refractivity contribution < 1.29 is 4.84 Å². The standard InChI is InChI=1S/C8H8N2O.H3N/c1-2-4-8(5-3-1)10-6-7-11-9-10;/h1-7,9H;1H3. The van der Waals surface area contributed by atoms with Crippen molar-refractivity contribution in [3.8, 4) is 0 Å². The third kappa shape index (κ3) is 1.55. The Balaban J connectivity index is 0.000000720. The molecule has 2 rings (SSSR count). The molecule has 1 aliphatic heterocycles. The molecule has 4 nitrogen and oxygen atoms in total. The lowest BCUT2D eigenvalue weighted by atomic mass is 10.3. The van der Waals surface area contributed by atoms with Crippen molar-refractivity contribution in [3.05, 3.63) is 42.8 Å². The summed E-state index contributed by atoms with van der Waals surface area (Å²) in [5.74, 6) is 0. The number of hydrogen-bond acceptors (Lipinski definition) is 4. The molecule has 0 saturated heterocycles. The van der Waals surface area contributed by atoms with Crippen molar-refractivity contribution in [2.45, 2.75) is 0 Å². The first-order valence-electron chi connectivity index (χ1n) is 3.39. The van der Waals surface area contributed by atoms with Crippen molar-refractivity contribution in [1.82, 2.24) is 11.7 Å². The van der Waals surface area contributed by atoms with Gasteiger partial charge >= 0.3 is 0 Å². The minimum absolute atomic E-state index is 0. The molecule has 1 heterocycles. The van der Waals surface area contributed by atoms with E-state index in [0.29, 0.717) is 0 Å². The average molecular weight is 165 g/mol. The average Bonchev–Trinajstić information content (AvgIpc) is 2.58. The maximum Gasteiger partial charge on any atom is 0.131 e. The van der Waals surface area contributed by atoms with Gasteiger partial charge < -0.3 is 11.0 Å². The predicted octanol–water partition coefficient (Wildman–Crippen LogP) is 1.58. The molecule has 64 valence electrons. The van der Waals surface area contributed by atoms with E-state index in [0.717, 1.165) is 5.69 Å². The zero-order chi connectivity index (χ0) is 7.52. The Hall–Kier alpha value is -1.52. The first-order chi connectivity index (χ1) is 5.47. The van der Waals surface area contributed by atoms with Crippen LogP contribution in [0, 0.1) is 0 Å². The summed E-state index contributed by atoms with van der Waals surface area (Å²) in [7, 11) is 0. The van der Waals surface area contributed by atoms with Gasteiger partial charge in [0.15, 0.2) is 0 Å². The van der Waals surface area contributed by atoms with Crippen molar-refractivity contribution in [3.63, 3.8) is 0 Å². The Bertz CT molecular complexity index is 260. The van der Waals surface area contributed by atoms with E-state index >= 15 is 0 Å². The van der Waals surface area contributed by atoms with Gasteiger partial charge in [0.25, 0.3) is 0 Å². The van der Waals surface area contributed by atoms with Gasteiger partial charge in [-0.05, 0) is 12.1 Å². The fourth-order valence-electron chi connectivity index (χ4n) is 0.936. The van der Waals surface area contributed by atoms with Crippen LogP contribution in [0.25, 0.3) is 0 Å². The minimum atomic E-state index is 0. The molecule has 0 bridgehead atoms. The molecular formula is C8H11N3O. The van der Waals surface area contributed by atoms with E-state index in [4.69, 9.17) is 4.84 Å². The molecule has 0 saturated carbocycles. The van der Waals surface area contributed by atoms with E-state index in [1.165, 1.54) is 0 Å². The summed E-state index contributed by atoms with van der Waals surface area (Å²) >= 11 is 0. The number of rotatable bonds is 1. The van der Waals surface area contributed by atoms with Crippen LogP contribution in [0.5, 0.6) is 0 Å². The number of benzene rings is 1. The van der Waals surface area contributed by atoms with Gasteiger partial charge in [0, 0.05) is 0 Å². The normalized spacial score (nSPS) is 13.8. The summed E-state index contributed by atoms with van der Waals surface area (Å²) in [5.41, 5.74) is 3.75. The Morgan fingerprint density at radius 1 is 1.17 bits per heavy atom. The molecule has 0 aliphatic carbocycles. The second-order valence-corrected chi connectivity index (χ2v) is 2.20. The highest BCUT2D eigenvalue weighted by Gasteiger charge is 2.04. The maximum absolute atomic E-state index is 4.81. The highest BCUT2D eigenvalue weighted by Crippen LogP contribution is 2.12. The van der Waals surface area contributed by atoms with E-state index in [-0.39, 0.29) is 6.15 Å². The van der Waals surface area contributed by atoms with Gasteiger partial charge in [0.1, 0.15) is 6.26 Å². The summed E-state index contributed by atoms with van der Waals surface area (Å²) in [6.07, 6.45) is 3.41. The van der Waals surface area contributed by atoms with Crippen LogP contribution >= 0.6 is 0 Å². The first-order valence-corrected chi connectivity index (χ1v) is 3.39. The van der Waals surface area contributed by atoms with Crippen LogP contribution in [-0.4, -0.2) is 0 Å². The zero-order valence-electron chi connectivity index (χ0n) is 6.60. The van der Waals surface area contributed by atoms with Gasteiger partial charge in [-0.1, -0.05) is 23.8 Å². The van der Waals surface area contributed by atoms with Crippen LogP contribution < -0.4 is 16.7 Å². The van der Waals surface area contributed by atoms with E-state index in [9.17, 15) is 0 Å².